The van der Waals surface area contributed by atoms with Crippen LogP contribution >= 0.6 is 0 Å². The van der Waals surface area contributed by atoms with Crippen LogP contribution in [0.4, 0.5) is 0 Å². The fraction of sp³-hybridized carbons (Fsp3) is 0.613. The lowest BCUT2D eigenvalue weighted by Crippen LogP contribution is -2.42. The van der Waals surface area contributed by atoms with Gasteiger partial charge in [-0.2, -0.15) is 0 Å². The molecule has 2 bridgehead atoms. The highest BCUT2D eigenvalue weighted by Gasteiger charge is 2.53. The Labute approximate surface area is 257 Å². The van der Waals surface area contributed by atoms with Crippen LogP contribution in [0.5, 0.6) is 0 Å². The lowest BCUT2D eigenvalue weighted by atomic mass is 9.74. The molecule has 0 amide bonds. The van der Waals surface area contributed by atoms with E-state index in [4.69, 9.17) is 32.6 Å². The molecule has 43 heavy (non-hydrogen) atoms. The molecular formula is C31H50O11Si. The van der Waals surface area contributed by atoms with E-state index in [0.29, 0.717) is 42.6 Å². The Hall–Kier alpha value is -3.06. The van der Waals surface area contributed by atoms with Gasteiger partial charge in [0, 0.05) is 44.1 Å². The maximum atomic E-state index is 12.0. The first-order valence-electron chi connectivity index (χ1n) is 13.9. The maximum absolute atomic E-state index is 12.0. The molecule has 0 spiro atoms. The van der Waals surface area contributed by atoms with Gasteiger partial charge in [-0.25, -0.2) is 14.4 Å². The van der Waals surface area contributed by atoms with Gasteiger partial charge in [-0.1, -0.05) is 31.4 Å². The number of rotatable bonds is 12. The molecule has 1 N–H and O–H groups in total. The molecular weight excluding hydrogens is 576 g/mol. The molecule has 1 saturated carbocycles. The van der Waals surface area contributed by atoms with Crippen LogP contribution in [-0.2, 0) is 46.7 Å². The van der Waals surface area contributed by atoms with E-state index < -0.39 is 25.8 Å². The number of aliphatic carboxylic acids is 1. The summed E-state index contributed by atoms with van der Waals surface area (Å²) in [6.45, 7) is 17.5. The molecule has 0 aromatic heterocycles. The van der Waals surface area contributed by atoms with E-state index in [0.717, 1.165) is 6.42 Å². The van der Waals surface area contributed by atoms with E-state index in [2.05, 4.69) is 19.2 Å². The summed E-state index contributed by atoms with van der Waals surface area (Å²) in [5, 5.41) is 8.94. The quantitative estimate of drug-likeness (QED) is 0.0776. The highest BCUT2D eigenvalue weighted by atomic mass is 28.4. The van der Waals surface area contributed by atoms with Crippen molar-refractivity contribution in [2.75, 3.05) is 35.0 Å². The van der Waals surface area contributed by atoms with Crippen molar-refractivity contribution in [2.24, 2.45) is 17.3 Å². The first-order valence-corrected chi connectivity index (χ1v) is 15.8. The van der Waals surface area contributed by atoms with Crippen LogP contribution in [-0.4, -0.2) is 78.4 Å². The Balaban J connectivity index is 0.000000639. The van der Waals surface area contributed by atoms with Crippen LogP contribution in [0, 0.1) is 17.3 Å². The molecule has 0 radical (unpaired) electrons. The van der Waals surface area contributed by atoms with Gasteiger partial charge in [0.15, 0.2) is 0 Å². The summed E-state index contributed by atoms with van der Waals surface area (Å²) in [4.78, 5) is 44.8. The van der Waals surface area contributed by atoms with E-state index >= 15 is 0 Å². The van der Waals surface area contributed by atoms with Gasteiger partial charge >= 0.3 is 32.7 Å². The second kappa shape index (κ2) is 17.9. The molecule has 1 fully saturated rings. The van der Waals surface area contributed by atoms with Crippen molar-refractivity contribution < 1.29 is 51.8 Å². The number of carboxylic acid groups (broad SMARTS) is 1. The molecule has 0 aromatic carbocycles. The Bertz CT molecular complexity index is 1060. The van der Waals surface area contributed by atoms with E-state index in [9.17, 15) is 19.2 Å². The number of hydrogen-bond donors (Lipinski definition) is 1. The number of fused-ring (bicyclic) bond motifs is 2. The molecule has 2 rings (SSSR count). The van der Waals surface area contributed by atoms with Crippen LogP contribution in [0.15, 0.2) is 48.1 Å². The fourth-order valence-electron chi connectivity index (χ4n) is 4.49. The van der Waals surface area contributed by atoms with Crippen LogP contribution in [0.2, 0.25) is 6.04 Å². The SMILES string of the molecule is C=C(C)C(=O)OC(C)(C)C.C=C(C)C(=O)OCCC[Si](OC)(OC)OC.COC(=O)C1(C=C(C)C(=O)O)CC2C=CC1C2. The normalized spacial score (nSPS) is 20.6. The zero-order chi connectivity index (χ0) is 33.6. The molecule has 2 aliphatic rings. The summed E-state index contributed by atoms with van der Waals surface area (Å²) >= 11 is 0. The smallest absolute Gasteiger partial charge is 0.478 e. The lowest BCUT2D eigenvalue weighted by molar-refractivity contribution is -0.151. The van der Waals surface area contributed by atoms with E-state index in [1.54, 1.807) is 41.3 Å². The van der Waals surface area contributed by atoms with Crippen molar-refractivity contribution in [2.45, 2.75) is 72.5 Å². The van der Waals surface area contributed by atoms with Crippen molar-refractivity contribution in [3.8, 4) is 0 Å². The Morgan fingerprint density at radius 1 is 0.953 bits per heavy atom. The highest BCUT2D eigenvalue weighted by molar-refractivity contribution is 6.60. The van der Waals surface area contributed by atoms with Crippen molar-refractivity contribution >= 4 is 32.7 Å². The summed E-state index contributed by atoms with van der Waals surface area (Å²) < 4.78 is 30.5. The number of hydrogen-bond acceptors (Lipinski definition) is 10. The summed E-state index contributed by atoms with van der Waals surface area (Å²) in [7, 11) is 3.48. The van der Waals surface area contributed by atoms with Crippen molar-refractivity contribution in [1.29, 1.82) is 0 Å². The third-order valence-electron chi connectivity index (χ3n) is 6.70. The summed E-state index contributed by atoms with van der Waals surface area (Å²) in [5.41, 5.74) is -0.132. The van der Waals surface area contributed by atoms with Gasteiger partial charge < -0.3 is 32.6 Å². The van der Waals surface area contributed by atoms with Gasteiger partial charge in [-0.3, -0.25) is 4.79 Å². The largest absolute Gasteiger partial charge is 0.500 e. The summed E-state index contributed by atoms with van der Waals surface area (Å²) in [6, 6.07) is 0.611. The van der Waals surface area contributed by atoms with Gasteiger partial charge in [0.25, 0.3) is 0 Å². The molecule has 3 atom stereocenters. The lowest BCUT2D eigenvalue weighted by Gasteiger charge is -2.29. The molecule has 0 saturated heterocycles. The number of methoxy groups -OCH3 is 1. The third kappa shape index (κ3) is 13.0. The monoisotopic (exact) mass is 626 g/mol. The molecule has 244 valence electrons. The number of allylic oxidation sites excluding steroid dienone is 2. The molecule has 0 aliphatic heterocycles. The number of carbonyl (C=O) groups is 4. The fourth-order valence-corrected chi connectivity index (χ4v) is 6.18. The Morgan fingerprint density at radius 2 is 1.49 bits per heavy atom. The molecule has 3 unspecified atom stereocenters. The third-order valence-corrected chi connectivity index (χ3v) is 9.53. The Morgan fingerprint density at radius 3 is 1.81 bits per heavy atom. The Kier molecular flexibility index (Phi) is 16.6. The molecule has 11 nitrogen and oxygen atoms in total. The van der Waals surface area contributed by atoms with Gasteiger partial charge in [-0.05, 0) is 72.6 Å². The average molecular weight is 627 g/mol. The van der Waals surface area contributed by atoms with Crippen molar-refractivity contribution in [3.63, 3.8) is 0 Å². The number of ether oxygens (including phenoxy) is 3. The van der Waals surface area contributed by atoms with E-state index in [-0.39, 0.29) is 29.4 Å². The number of esters is 3. The van der Waals surface area contributed by atoms with Gasteiger partial charge in [-0.15, -0.1) is 0 Å². The summed E-state index contributed by atoms with van der Waals surface area (Å²) in [5.74, 6) is -1.56. The second-order valence-electron chi connectivity index (χ2n) is 11.5. The van der Waals surface area contributed by atoms with Crippen molar-refractivity contribution in [3.05, 3.63) is 48.1 Å². The van der Waals surface area contributed by atoms with Crippen LogP contribution < -0.4 is 0 Å². The predicted octanol–water partition coefficient (Wildman–Crippen LogP) is 5.05. The zero-order valence-electron chi connectivity index (χ0n) is 27.4. The zero-order valence-corrected chi connectivity index (χ0v) is 28.4. The molecule has 2 aliphatic carbocycles. The minimum atomic E-state index is -2.53. The molecule has 0 heterocycles. The van der Waals surface area contributed by atoms with Gasteiger partial charge in [0.1, 0.15) is 5.60 Å². The van der Waals surface area contributed by atoms with Crippen LogP contribution in [0.1, 0.15) is 60.8 Å². The first-order chi connectivity index (χ1) is 19.8. The molecule has 0 aromatic rings. The maximum Gasteiger partial charge on any atom is 0.500 e. The highest BCUT2D eigenvalue weighted by Crippen LogP contribution is 2.54. The van der Waals surface area contributed by atoms with E-state index in [1.165, 1.54) is 14.0 Å². The van der Waals surface area contributed by atoms with Gasteiger partial charge in [0.2, 0.25) is 0 Å². The minimum absolute atomic E-state index is 0.0780. The van der Waals surface area contributed by atoms with Crippen LogP contribution in [0.25, 0.3) is 0 Å². The first kappa shape index (κ1) is 39.9. The summed E-state index contributed by atoms with van der Waals surface area (Å²) in [6.07, 6.45) is 7.91. The average Bonchev–Trinajstić information content (AvgIpc) is 3.54. The van der Waals surface area contributed by atoms with Gasteiger partial charge in [0.05, 0.1) is 19.1 Å². The standard InChI is InChI=1S/C13H16O4.C10H20O5Si.C8H14O2/c1-8(11(14)15)6-13(12(16)17-2)7-9-3-4-10(13)5-9;1-9(2)10(11)15-7-6-8-16(12-3,13-4)14-5;1-6(2)7(9)10-8(3,4)5/h3-4,6,9-10H,5,7H2,1-2H3,(H,14,15);1,6-8H2,2-5H3;1H2,2-5H3. The molecule has 12 heteroatoms. The van der Waals surface area contributed by atoms with Crippen molar-refractivity contribution in [1.82, 2.24) is 0 Å². The second-order valence-corrected chi connectivity index (χ2v) is 14.5. The number of carbonyl (C=O) groups excluding carboxylic acids is 3. The van der Waals surface area contributed by atoms with Crippen LogP contribution in [0.3, 0.4) is 0 Å². The predicted molar refractivity (Wildman–Crippen MR) is 164 cm³/mol. The minimum Gasteiger partial charge on any atom is -0.478 e. The topological polar surface area (TPSA) is 144 Å². The van der Waals surface area contributed by atoms with E-state index in [1.807, 2.05) is 26.8 Å². The number of carboxylic acids is 1.